The molecule has 1 aliphatic heterocycles. The van der Waals surface area contributed by atoms with Gasteiger partial charge < -0.3 is 5.73 Å². The summed E-state index contributed by atoms with van der Waals surface area (Å²) in [4.78, 5) is 13.4. The van der Waals surface area contributed by atoms with Crippen LogP contribution in [-0.2, 0) is 6.54 Å². The lowest BCUT2D eigenvalue weighted by molar-refractivity contribution is 0.0588. The number of nitrogens with zero attached hydrogens (tertiary/aromatic N) is 3. The second-order valence-corrected chi connectivity index (χ2v) is 4.94. The Morgan fingerprint density at radius 3 is 2.65 bits per heavy atom. The number of likely N-dealkylation sites (tertiary alicyclic amines) is 1. The molecule has 0 aliphatic carbocycles. The minimum atomic E-state index is -0.767. The van der Waals surface area contributed by atoms with Crippen LogP contribution in [0.3, 0.4) is 0 Å². The SMILES string of the molecule is NC(=O)c1nn(-c2ccccc2)cc1CN1CC(F)C1. The van der Waals surface area contributed by atoms with Crippen LogP contribution in [0.2, 0.25) is 0 Å². The van der Waals surface area contributed by atoms with E-state index in [1.54, 1.807) is 10.9 Å². The molecule has 1 aromatic heterocycles. The minimum Gasteiger partial charge on any atom is -0.364 e. The fourth-order valence-electron chi connectivity index (χ4n) is 2.32. The van der Waals surface area contributed by atoms with Crippen molar-refractivity contribution in [1.29, 1.82) is 0 Å². The van der Waals surface area contributed by atoms with E-state index in [9.17, 15) is 9.18 Å². The normalized spacial score (nSPS) is 16.1. The molecule has 2 heterocycles. The number of amides is 1. The Kier molecular flexibility index (Phi) is 3.23. The largest absolute Gasteiger partial charge is 0.364 e. The van der Waals surface area contributed by atoms with Crippen LogP contribution in [-0.4, -0.2) is 39.8 Å². The maximum Gasteiger partial charge on any atom is 0.269 e. The van der Waals surface area contributed by atoms with E-state index in [1.807, 2.05) is 35.2 Å². The molecule has 0 spiro atoms. The molecular formula is C14H15FN4O. The molecule has 1 fully saturated rings. The Hall–Kier alpha value is -2.21. The lowest BCUT2D eigenvalue weighted by atomic mass is 10.1. The van der Waals surface area contributed by atoms with Gasteiger partial charge in [-0.25, -0.2) is 9.07 Å². The summed E-state index contributed by atoms with van der Waals surface area (Å²) in [5.74, 6) is -0.563. The van der Waals surface area contributed by atoms with Crippen LogP contribution in [0.1, 0.15) is 16.1 Å². The lowest BCUT2D eigenvalue weighted by Crippen LogP contribution is -2.47. The molecule has 2 aromatic rings. The summed E-state index contributed by atoms with van der Waals surface area (Å²) in [6, 6.07) is 9.48. The average molecular weight is 274 g/mol. The van der Waals surface area contributed by atoms with Gasteiger partial charge in [0.05, 0.1) is 5.69 Å². The molecule has 3 rings (SSSR count). The van der Waals surface area contributed by atoms with Crippen molar-refractivity contribution in [2.24, 2.45) is 5.73 Å². The summed E-state index contributed by atoms with van der Waals surface area (Å²) in [6.07, 6.45) is 1.01. The molecule has 0 saturated carbocycles. The molecule has 2 N–H and O–H groups in total. The van der Waals surface area contributed by atoms with Crippen LogP contribution >= 0.6 is 0 Å². The van der Waals surface area contributed by atoms with Gasteiger partial charge in [0.25, 0.3) is 5.91 Å². The molecule has 20 heavy (non-hydrogen) atoms. The highest BCUT2D eigenvalue weighted by atomic mass is 19.1. The number of aromatic nitrogens is 2. The van der Waals surface area contributed by atoms with Gasteiger partial charge in [-0.05, 0) is 12.1 Å². The number of benzene rings is 1. The Labute approximate surface area is 115 Å². The number of nitrogens with two attached hydrogens (primary N) is 1. The van der Waals surface area contributed by atoms with Gasteiger partial charge in [-0.2, -0.15) is 5.10 Å². The quantitative estimate of drug-likeness (QED) is 0.909. The Balaban J connectivity index is 1.88. The van der Waals surface area contributed by atoms with Crippen molar-refractivity contribution >= 4 is 5.91 Å². The van der Waals surface area contributed by atoms with Crippen molar-refractivity contribution in [2.75, 3.05) is 13.1 Å². The van der Waals surface area contributed by atoms with E-state index in [4.69, 9.17) is 5.73 Å². The molecule has 6 heteroatoms. The van der Waals surface area contributed by atoms with Gasteiger partial charge in [0.2, 0.25) is 0 Å². The van der Waals surface area contributed by atoms with E-state index in [1.165, 1.54) is 0 Å². The maximum absolute atomic E-state index is 12.8. The molecule has 1 amide bonds. The highest BCUT2D eigenvalue weighted by molar-refractivity contribution is 5.92. The third-order valence-corrected chi connectivity index (χ3v) is 3.35. The topological polar surface area (TPSA) is 64.2 Å². The zero-order valence-electron chi connectivity index (χ0n) is 10.9. The zero-order valence-corrected chi connectivity index (χ0v) is 10.9. The average Bonchev–Trinajstić information content (AvgIpc) is 2.82. The van der Waals surface area contributed by atoms with E-state index in [2.05, 4.69) is 5.10 Å². The summed E-state index contributed by atoms with van der Waals surface area (Å²) in [5, 5.41) is 4.23. The second kappa shape index (κ2) is 5.05. The van der Waals surface area contributed by atoms with Gasteiger partial charge >= 0.3 is 0 Å². The number of rotatable bonds is 4. The van der Waals surface area contributed by atoms with Crippen molar-refractivity contribution in [1.82, 2.24) is 14.7 Å². The number of halogens is 1. The fourth-order valence-corrected chi connectivity index (χ4v) is 2.32. The first-order valence-corrected chi connectivity index (χ1v) is 6.43. The molecule has 1 saturated heterocycles. The predicted molar refractivity (Wildman–Crippen MR) is 72.3 cm³/mol. The monoisotopic (exact) mass is 274 g/mol. The Morgan fingerprint density at radius 2 is 2.05 bits per heavy atom. The van der Waals surface area contributed by atoms with E-state index in [-0.39, 0.29) is 5.69 Å². The van der Waals surface area contributed by atoms with Crippen LogP contribution in [0, 0.1) is 0 Å². The Morgan fingerprint density at radius 1 is 1.35 bits per heavy atom. The summed E-state index contributed by atoms with van der Waals surface area (Å²) in [7, 11) is 0. The standard InChI is InChI=1S/C14H15FN4O/c15-11-8-18(9-11)6-10-7-19(17-13(10)14(16)20)12-4-2-1-3-5-12/h1-5,7,11H,6,8-9H2,(H2,16,20). The van der Waals surface area contributed by atoms with Crippen LogP contribution in [0.4, 0.5) is 4.39 Å². The van der Waals surface area contributed by atoms with Crippen LogP contribution < -0.4 is 5.73 Å². The number of para-hydroxylation sites is 1. The molecule has 5 nitrogen and oxygen atoms in total. The van der Waals surface area contributed by atoms with E-state index in [0.717, 1.165) is 11.3 Å². The van der Waals surface area contributed by atoms with Crippen molar-refractivity contribution in [2.45, 2.75) is 12.7 Å². The summed E-state index contributed by atoms with van der Waals surface area (Å²) in [5.41, 5.74) is 7.19. The molecule has 0 unspecified atom stereocenters. The van der Waals surface area contributed by atoms with Gasteiger partial charge in [-0.15, -0.1) is 0 Å². The van der Waals surface area contributed by atoms with Crippen molar-refractivity contribution in [3.8, 4) is 5.69 Å². The third kappa shape index (κ3) is 2.42. The molecule has 104 valence electrons. The highest BCUT2D eigenvalue weighted by Gasteiger charge is 2.28. The summed E-state index contributed by atoms with van der Waals surface area (Å²) < 4.78 is 14.5. The number of carbonyl (C=O) groups is 1. The Bertz CT molecular complexity index is 619. The van der Waals surface area contributed by atoms with Gasteiger partial charge in [0.1, 0.15) is 6.17 Å². The van der Waals surface area contributed by atoms with Crippen LogP contribution in [0.15, 0.2) is 36.5 Å². The van der Waals surface area contributed by atoms with Crippen LogP contribution in [0.5, 0.6) is 0 Å². The van der Waals surface area contributed by atoms with Crippen molar-refractivity contribution in [3.63, 3.8) is 0 Å². The molecule has 1 aromatic carbocycles. The molecule has 0 atom stereocenters. The first-order chi connectivity index (χ1) is 9.63. The fraction of sp³-hybridized carbons (Fsp3) is 0.286. The van der Waals surface area contributed by atoms with Crippen LogP contribution in [0.25, 0.3) is 5.69 Å². The first kappa shape index (κ1) is 12.8. The van der Waals surface area contributed by atoms with E-state index < -0.39 is 12.1 Å². The third-order valence-electron chi connectivity index (χ3n) is 3.35. The number of carbonyl (C=O) groups excluding carboxylic acids is 1. The summed E-state index contributed by atoms with van der Waals surface area (Å²) in [6.45, 7) is 1.29. The predicted octanol–water partition coefficient (Wildman–Crippen LogP) is 1.12. The van der Waals surface area contributed by atoms with Crippen molar-refractivity contribution in [3.05, 3.63) is 47.8 Å². The lowest BCUT2D eigenvalue weighted by Gasteiger charge is -2.33. The first-order valence-electron chi connectivity index (χ1n) is 6.43. The van der Waals surface area contributed by atoms with E-state index in [0.29, 0.717) is 19.6 Å². The van der Waals surface area contributed by atoms with Gasteiger partial charge in [-0.3, -0.25) is 9.69 Å². The van der Waals surface area contributed by atoms with Gasteiger partial charge in [0.15, 0.2) is 5.69 Å². The van der Waals surface area contributed by atoms with Gasteiger partial charge in [-0.1, -0.05) is 18.2 Å². The minimum absolute atomic E-state index is 0.246. The number of hydrogen-bond donors (Lipinski definition) is 1. The number of primary amides is 1. The van der Waals surface area contributed by atoms with E-state index >= 15 is 0 Å². The second-order valence-electron chi connectivity index (χ2n) is 4.94. The summed E-state index contributed by atoms with van der Waals surface area (Å²) >= 11 is 0. The molecule has 1 aliphatic rings. The molecular weight excluding hydrogens is 259 g/mol. The highest BCUT2D eigenvalue weighted by Crippen LogP contribution is 2.19. The molecule has 0 radical (unpaired) electrons. The van der Waals surface area contributed by atoms with Gasteiger partial charge in [0, 0.05) is 31.4 Å². The van der Waals surface area contributed by atoms with Crippen molar-refractivity contribution < 1.29 is 9.18 Å². The number of alkyl halides is 1. The smallest absolute Gasteiger partial charge is 0.269 e. The number of hydrogen-bond acceptors (Lipinski definition) is 3. The maximum atomic E-state index is 12.8. The zero-order chi connectivity index (χ0) is 14.1. The molecule has 0 bridgehead atoms.